The molecule has 2 rings (SSSR count). The number of carbonyl (C=O) groups excluding carboxylic acids is 1. The topological polar surface area (TPSA) is 46.1 Å². The van der Waals surface area contributed by atoms with E-state index in [9.17, 15) is 13.6 Å². The van der Waals surface area contributed by atoms with Crippen molar-refractivity contribution in [2.24, 2.45) is 0 Å². The van der Waals surface area contributed by atoms with Gasteiger partial charge in [0.1, 0.15) is 5.69 Å². The minimum Gasteiger partial charge on any atom is -0.348 e. The van der Waals surface area contributed by atoms with Crippen LogP contribution in [0.1, 0.15) is 29.8 Å². The molecule has 1 aliphatic rings. The van der Waals surface area contributed by atoms with Crippen LogP contribution in [0, 0.1) is 0 Å². The van der Waals surface area contributed by atoms with Gasteiger partial charge in [-0.05, 0) is 44.5 Å². The van der Waals surface area contributed by atoms with Gasteiger partial charge in [0.2, 0.25) is 0 Å². The number of rotatable bonds is 4. The summed E-state index contributed by atoms with van der Waals surface area (Å²) in [5.74, 6) is -0.266. The van der Waals surface area contributed by atoms with Crippen LogP contribution < -0.4 is 10.6 Å². The maximum atomic E-state index is 12.4. The van der Waals surface area contributed by atoms with Gasteiger partial charge < -0.3 is 15.2 Å². The zero-order valence-corrected chi connectivity index (χ0v) is 10.7. The van der Waals surface area contributed by atoms with E-state index in [1.807, 2.05) is 0 Å². The standard InChI is InChI=1S/C13H19F2N3O/c14-12(15)9-18-8-2-4-11(18)13(19)17-10-3-1-6-16-7-5-10/h2,4,8,10,12,16H,1,3,5-7,9H2,(H,17,19). The summed E-state index contributed by atoms with van der Waals surface area (Å²) in [4.78, 5) is 12.1. The van der Waals surface area contributed by atoms with Crippen LogP contribution in [0.15, 0.2) is 18.3 Å². The maximum Gasteiger partial charge on any atom is 0.268 e. The second-order valence-corrected chi connectivity index (χ2v) is 4.79. The Morgan fingerprint density at radius 3 is 3.11 bits per heavy atom. The molecule has 1 aliphatic heterocycles. The van der Waals surface area contributed by atoms with Crippen LogP contribution in [-0.4, -0.2) is 36.0 Å². The van der Waals surface area contributed by atoms with Gasteiger partial charge in [0.05, 0.1) is 6.54 Å². The molecular weight excluding hydrogens is 252 g/mol. The first-order valence-corrected chi connectivity index (χ1v) is 6.61. The zero-order valence-electron chi connectivity index (χ0n) is 10.7. The first kappa shape index (κ1) is 14.0. The van der Waals surface area contributed by atoms with Crippen molar-refractivity contribution in [2.45, 2.75) is 38.3 Å². The zero-order chi connectivity index (χ0) is 13.7. The van der Waals surface area contributed by atoms with E-state index in [2.05, 4.69) is 10.6 Å². The van der Waals surface area contributed by atoms with Crippen molar-refractivity contribution in [1.29, 1.82) is 0 Å². The Hall–Kier alpha value is -1.43. The smallest absolute Gasteiger partial charge is 0.268 e. The Morgan fingerprint density at radius 1 is 1.47 bits per heavy atom. The minimum atomic E-state index is -2.46. The molecule has 0 spiro atoms. The average Bonchev–Trinajstić information content (AvgIpc) is 2.65. The summed E-state index contributed by atoms with van der Waals surface area (Å²) in [6.45, 7) is 1.40. The second-order valence-electron chi connectivity index (χ2n) is 4.79. The molecular formula is C13H19F2N3O. The number of hydrogen-bond donors (Lipinski definition) is 2. The van der Waals surface area contributed by atoms with E-state index < -0.39 is 13.0 Å². The van der Waals surface area contributed by atoms with Gasteiger partial charge in [-0.3, -0.25) is 4.79 Å². The van der Waals surface area contributed by atoms with Crippen LogP contribution in [-0.2, 0) is 6.54 Å². The third-order valence-electron chi connectivity index (χ3n) is 3.31. The summed E-state index contributed by atoms with van der Waals surface area (Å²) in [6.07, 6.45) is 1.87. The fourth-order valence-corrected chi connectivity index (χ4v) is 2.35. The fraction of sp³-hybridized carbons (Fsp3) is 0.615. The van der Waals surface area contributed by atoms with Gasteiger partial charge in [-0.25, -0.2) is 8.78 Å². The van der Waals surface area contributed by atoms with Gasteiger partial charge >= 0.3 is 0 Å². The van der Waals surface area contributed by atoms with E-state index in [0.717, 1.165) is 32.4 Å². The predicted molar refractivity (Wildman–Crippen MR) is 68.4 cm³/mol. The molecule has 106 valence electrons. The lowest BCUT2D eigenvalue weighted by molar-refractivity contribution is 0.0911. The summed E-state index contributed by atoms with van der Waals surface area (Å²) in [7, 11) is 0. The van der Waals surface area contributed by atoms with E-state index in [0.29, 0.717) is 5.69 Å². The first-order chi connectivity index (χ1) is 9.16. The largest absolute Gasteiger partial charge is 0.348 e. The molecule has 1 saturated heterocycles. The summed E-state index contributed by atoms with van der Waals surface area (Å²) >= 11 is 0. The molecule has 2 N–H and O–H groups in total. The molecule has 1 unspecified atom stereocenters. The molecule has 2 heterocycles. The molecule has 4 nitrogen and oxygen atoms in total. The molecule has 1 amide bonds. The molecule has 1 aromatic rings. The predicted octanol–water partition coefficient (Wildman–Crippen LogP) is 1.63. The highest BCUT2D eigenvalue weighted by molar-refractivity contribution is 5.92. The number of alkyl halides is 2. The van der Waals surface area contributed by atoms with Crippen molar-refractivity contribution >= 4 is 5.91 Å². The number of amides is 1. The van der Waals surface area contributed by atoms with Gasteiger partial charge in [0.15, 0.2) is 0 Å². The Kier molecular flexibility index (Phi) is 4.90. The van der Waals surface area contributed by atoms with Crippen LogP contribution in [0.2, 0.25) is 0 Å². The summed E-state index contributed by atoms with van der Waals surface area (Å²) in [5.41, 5.74) is 0.303. The second kappa shape index (κ2) is 6.65. The SMILES string of the molecule is O=C(NC1CCCNCC1)c1cccn1CC(F)F. The van der Waals surface area contributed by atoms with Gasteiger partial charge in [0, 0.05) is 12.2 Å². The highest BCUT2D eigenvalue weighted by Gasteiger charge is 2.18. The van der Waals surface area contributed by atoms with Crippen molar-refractivity contribution in [1.82, 2.24) is 15.2 Å². The van der Waals surface area contributed by atoms with Crippen LogP contribution in [0.25, 0.3) is 0 Å². The number of nitrogens with one attached hydrogen (secondary N) is 2. The van der Waals surface area contributed by atoms with E-state index >= 15 is 0 Å². The Balaban J connectivity index is 1.97. The van der Waals surface area contributed by atoms with E-state index in [-0.39, 0.29) is 11.9 Å². The van der Waals surface area contributed by atoms with Crippen molar-refractivity contribution in [3.8, 4) is 0 Å². The number of hydrogen-bond acceptors (Lipinski definition) is 2. The van der Waals surface area contributed by atoms with Crippen LogP contribution >= 0.6 is 0 Å². The number of halogens is 2. The molecule has 1 aromatic heterocycles. The average molecular weight is 271 g/mol. The van der Waals surface area contributed by atoms with E-state index in [4.69, 9.17) is 0 Å². The molecule has 0 aromatic carbocycles. The Bertz CT molecular complexity index is 412. The highest BCUT2D eigenvalue weighted by atomic mass is 19.3. The number of nitrogens with zero attached hydrogens (tertiary/aromatic N) is 1. The molecule has 1 fully saturated rings. The van der Waals surface area contributed by atoms with Gasteiger partial charge in [-0.15, -0.1) is 0 Å². The fourth-order valence-electron chi connectivity index (χ4n) is 2.35. The van der Waals surface area contributed by atoms with Crippen LogP contribution in [0.3, 0.4) is 0 Å². The van der Waals surface area contributed by atoms with E-state index in [1.54, 1.807) is 12.1 Å². The van der Waals surface area contributed by atoms with Gasteiger partial charge in [-0.2, -0.15) is 0 Å². The lowest BCUT2D eigenvalue weighted by Crippen LogP contribution is -2.36. The third kappa shape index (κ3) is 4.02. The van der Waals surface area contributed by atoms with Crippen LogP contribution in [0.5, 0.6) is 0 Å². The van der Waals surface area contributed by atoms with Crippen molar-refractivity contribution in [3.63, 3.8) is 0 Å². The first-order valence-electron chi connectivity index (χ1n) is 6.61. The molecule has 6 heteroatoms. The monoisotopic (exact) mass is 271 g/mol. The summed E-state index contributed by atoms with van der Waals surface area (Å²) in [6, 6.07) is 3.32. The molecule has 0 bridgehead atoms. The molecule has 0 radical (unpaired) electrons. The molecule has 0 aliphatic carbocycles. The normalized spacial score (nSPS) is 20.3. The molecule has 1 atom stereocenters. The van der Waals surface area contributed by atoms with Crippen molar-refractivity contribution in [2.75, 3.05) is 13.1 Å². The van der Waals surface area contributed by atoms with E-state index in [1.165, 1.54) is 10.8 Å². The minimum absolute atomic E-state index is 0.123. The van der Waals surface area contributed by atoms with Crippen molar-refractivity contribution in [3.05, 3.63) is 24.0 Å². The number of carbonyl (C=O) groups is 1. The third-order valence-corrected chi connectivity index (χ3v) is 3.31. The highest BCUT2D eigenvalue weighted by Crippen LogP contribution is 2.09. The molecule has 0 saturated carbocycles. The number of aromatic nitrogens is 1. The molecule has 19 heavy (non-hydrogen) atoms. The maximum absolute atomic E-state index is 12.4. The lowest BCUT2D eigenvalue weighted by atomic mass is 10.1. The van der Waals surface area contributed by atoms with Crippen LogP contribution in [0.4, 0.5) is 8.78 Å². The summed E-state index contributed by atoms with van der Waals surface area (Å²) in [5, 5.41) is 6.20. The Morgan fingerprint density at radius 2 is 2.32 bits per heavy atom. The van der Waals surface area contributed by atoms with Gasteiger partial charge in [-0.1, -0.05) is 0 Å². The summed E-state index contributed by atoms with van der Waals surface area (Å²) < 4.78 is 26.1. The van der Waals surface area contributed by atoms with Gasteiger partial charge in [0.25, 0.3) is 12.3 Å². The Labute approximate surface area is 111 Å². The quantitative estimate of drug-likeness (QED) is 0.874. The van der Waals surface area contributed by atoms with Crippen molar-refractivity contribution < 1.29 is 13.6 Å². The lowest BCUT2D eigenvalue weighted by Gasteiger charge is -2.16.